The van der Waals surface area contributed by atoms with Crippen molar-refractivity contribution in [2.45, 2.75) is 26.2 Å². The Bertz CT molecular complexity index is 513. The van der Waals surface area contributed by atoms with E-state index in [2.05, 4.69) is 6.92 Å². The van der Waals surface area contributed by atoms with Crippen molar-refractivity contribution in [3.63, 3.8) is 0 Å². The van der Waals surface area contributed by atoms with Crippen molar-refractivity contribution in [1.82, 2.24) is 4.90 Å². The van der Waals surface area contributed by atoms with E-state index in [4.69, 9.17) is 9.47 Å². The summed E-state index contributed by atoms with van der Waals surface area (Å²) < 4.78 is 10.5. The van der Waals surface area contributed by atoms with Crippen LogP contribution in [-0.2, 0) is 4.79 Å². The molecule has 1 amide bonds. The zero-order valence-corrected chi connectivity index (χ0v) is 13.7. The van der Waals surface area contributed by atoms with Crippen molar-refractivity contribution >= 4 is 12.0 Å². The Hall–Kier alpha value is -1.97. The van der Waals surface area contributed by atoms with Crippen molar-refractivity contribution < 1.29 is 14.3 Å². The van der Waals surface area contributed by atoms with Gasteiger partial charge in [0.05, 0.1) is 14.2 Å². The van der Waals surface area contributed by atoms with Crippen molar-refractivity contribution in [3.8, 4) is 11.5 Å². The van der Waals surface area contributed by atoms with Crippen molar-refractivity contribution in [1.29, 1.82) is 0 Å². The van der Waals surface area contributed by atoms with Gasteiger partial charge in [-0.3, -0.25) is 4.79 Å². The fourth-order valence-corrected chi connectivity index (χ4v) is 2.37. The minimum atomic E-state index is 0.0792. The zero-order chi connectivity index (χ0) is 15.9. The van der Waals surface area contributed by atoms with Crippen LogP contribution in [0.2, 0.25) is 0 Å². The first-order chi connectivity index (χ1) is 10.7. The van der Waals surface area contributed by atoms with Gasteiger partial charge in [-0.05, 0) is 49.0 Å². The Morgan fingerprint density at radius 2 is 1.86 bits per heavy atom. The Kier molecular flexibility index (Phi) is 5.87. The molecule has 0 heterocycles. The average Bonchev–Trinajstić information content (AvgIpc) is 3.35. The number of hydrogen-bond acceptors (Lipinski definition) is 3. The molecule has 0 bridgehead atoms. The second kappa shape index (κ2) is 7.87. The SMILES string of the molecule is CCCN(CC1CC1)C(=O)/C=C/c1cc(OC)cc(OC)c1. The summed E-state index contributed by atoms with van der Waals surface area (Å²) in [4.78, 5) is 14.3. The molecule has 0 spiro atoms. The molecule has 0 N–H and O–H groups in total. The second-order valence-electron chi connectivity index (χ2n) is 5.71. The van der Waals surface area contributed by atoms with Crippen LogP contribution in [0.15, 0.2) is 24.3 Å². The summed E-state index contributed by atoms with van der Waals surface area (Å²) in [6.07, 6.45) is 6.96. The van der Waals surface area contributed by atoms with E-state index in [-0.39, 0.29) is 5.91 Å². The Balaban J connectivity index is 2.06. The Morgan fingerprint density at radius 3 is 2.36 bits per heavy atom. The van der Waals surface area contributed by atoms with Crippen LogP contribution < -0.4 is 9.47 Å². The molecule has 1 aromatic carbocycles. The zero-order valence-electron chi connectivity index (χ0n) is 13.7. The average molecular weight is 303 g/mol. The van der Waals surface area contributed by atoms with Gasteiger partial charge in [0.25, 0.3) is 0 Å². The molecule has 1 saturated carbocycles. The van der Waals surface area contributed by atoms with Crippen LogP contribution in [0, 0.1) is 5.92 Å². The van der Waals surface area contributed by atoms with E-state index in [1.807, 2.05) is 29.2 Å². The third-order valence-corrected chi connectivity index (χ3v) is 3.77. The first kappa shape index (κ1) is 16.4. The smallest absolute Gasteiger partial charge is 0.246 e. The van der Waals surface area contributed by atoms with Crippen LogP contribution in [0.25, 0.3) is 6.08 Å². The maximum atomic E-state index is 12.4. The van der Waals surface area contributed by atoms with Gasteiger partial charge in [-0.25, -0.2) is 0 Å². The highest BCUT2D eigenvalue weighted by Gasteiger charge is 2.25. The number of rotatable bonds is 8. The van der Waals surface area contributed by atoms with Gasteiger partial charge < -0.3 is 14.4 Å². The molecule has 4 heteroatoms. The lowest BCUT2D eigenvalue weighted by molar-refractivity contribution is -0.126. The summed E-state index contributed by atoms with van der Waals surface area (Å²) in [7, 11) is 3.23. The quantitative estimate of drug-likeness (QED) is 0.691. The van der Waals surface area contributed by atoms with E-state index in [0.29, 0.717) is 5.92 Å². The van der Waals surface area contributed by atoms with Crippen LogP contribution in [0.5, 0.6) is 11.5 Å². The predicted molar refractivity (Wildman–Crippen MR) is 88.2 cm³/mol. The lowest BCUT2D eigenvalue weighted by Gasteiger charge is -2.20. The maximum absolute atomic E-state index is 12.4. The molecular weight excluding hydrogens is 278 g/mol. The van der Waals surface area contributed by atoms with Gasteiger partial charge in [-0.1, -0.05) is 6.92 Å². The number of methoxy groups -OCH3 is 2. The molecule has 120 valence electrons. The number of carbonyl (C=O) groups excluding carboxylic acids is 1. The number of ether oxygens (including phenoxy) is 2. The minimum absolute atomic E-state index is 0.0792. The molecule has 4 nitrogen and oxygen atoms in total. The molecule has 0 aliphatic heterocycles. The molecule has 0 aromatic heterocycles. The highest BCUT2D eigenvalue weighted by Crippen LogP contribution is 2.30. The van der Waals surface area contributed by atoms with E-state index >= 15 is 0 Å². The number of hydrogen-bond donors (Lipinski definition) is 0. The standard InChI is InChI=1S/C18H25NO3/c1-4-9-19(13-14-5-6-14)18(20)8-7-15-10-16(21-2)12-17(11-15)22-3/h7-8,10-12,14H,4-6,9,13H2,1-3H3/b8-7+. The summed E-state index contributed by atoms with van der Waals surface area (Å²) in [5, 5.41) is 0. The molecule has 0 atom stereocenters. The number of benzene rings is 1. The lowest BCUT2D eigenvalue weighted by atomic mass is 10.2. The van der Waals surface area contributed by atoms with E-state index in [9.17, 15) is 4.79 Å². The van der Waals surface area contributed by atoms with Gasteiger partial charge in [-0.2, -0.15) is 0 Å². The van der Waals surface area contributed by atoms with Gasteiger partial charge in [0, 0.05) is 25.2 Å². The van der Waals surface area contributed by atoms with Crippen LogP contribution in [0.4, 0.5) is 0 Å². The van der Waals surface area contributed by atoms with Gasteiger partial charge in [-0.15, -0.1) is 0 Å². The van der Waals surface area contributed by atoms with E-state index in [1.165, 1.54) is 12.8 Å². The maximum Gasteiger partial charge on any atom is 0.246 e. The molecule has 1 aromatic rings. The van der Waals surface area contributed by atoms with E-state index in [0.717, 1.165) is 36.6 Å². The number of nitrogens with zero attached hydrogens (tertiary/aromatic N) is 1. The molecule has 0 unspecified atom stereocenters. The molecular formula is C18H25NO3. The third kappa shape index (κ3) is 4.79. The molecule has 1 aliphatic carbocycles. The van der Waals surface area contributed by atoms with Crippen LogP contribution in [0.1, 0.15) is 31.7 Å². The summed E-state index contributed by atoms with van der Waals surface area (Å²) in [6.45, 7) is 3.81. The second-order valence-corrected chi connectivity index (χ2v) is 5.71. The first-order valence-corrected chi connectivity index (χ1v) is 7.86. The molecule has 1 fully saturated rings. The first-order valence-electron chi connectivity index (χ1n) is 7.86. The largest absolute Gasteiger partial charge is 0.497 e. The monoisotopic (exact) mass is 303 g/mol. The predicted octanol–water partition coefficient (Wildman–Crippen LogP) is 3.37. The fourth-order valence-electron chi connectivity index (χ4n) is 2.37. The van der Waals surface area contributed by atoms with Gasteiger partial charge in [0.2, 0.25) is 5.91 Å². The van der Waals surface area contributed by atoms with Crippen molar-refractivity contribution in [3.05, 3.63) is 29.8 Å². The molecule has 0 radical (unpaired) electrons. The summed E-state index contributed by atoms with van der Waals surface area (Å²) >= 11 is 0. The normalized spacial score (nSPS) is 14.1. The lowest BCUT2D eigenvalue weighted by Crippen LogP contribution is -2.32. The van der Waals surface area contributed by atoms with Gasteiger partial charge >= 0.3 is 0 Å². The molecule has 1 aliphatic rings. The number of carbonyl (C=O) groups is 1. The Morgan fingerprint density at radius 1 is 1.23 bits per heavy atom. The van der Waals surface area contributed by atoms with Crippen molar-refractivity contribution in [2.75, 3.05) is 27.3 Å². The summed E-state index contributed by atoms with van der Waals surface area (Å²) in [5.74, 6) is 2.22. The van der Waals surface area contributed by atoms with Crippen LogP contribution >= 0.6 is 0 Å². The minimum Gasteiger partial charge on any atom is -0.497 e. The fraction of sp³-hybridized carbons (Fsp3) is 0.500. The number of amides is 1. The van der Waals surface area contributed by atoms with E-state index in [1.54, 1.807) is 20.3 Å². The van der Waals surface area contributed by atoms with Crippen LogP contribution in [-0.4, -0.2) is 38.1 Å². The van der Waals surface area contributed by atoms with Gasteiger partial charge in [0.15, 0.2) is 0 Å². The molecule has 2 rings (SSSR count). The molecule has 22 heavy (non-hydrogen) atoms. The van der Waals surface area contributed by atoms with E-state index < -0.39 is 0 Å². The Labute approximate surface area is 132 Å². The third-order valence-electron chi connectivity index (χ3n) is 3.77. The topological polar surface area (TPSA) is 38.8 Å². The van der Waals surface area contributed by atoms with Crippen molar-refractivity contribution in [2.24, 2.45) is 5.92 Å². The highest BCUT2D eigenvalue weighted by molar-refractivity contribution is 5.91. The van der Waals surface area contributed by atoms with Gasteiger partial charge in [0.1, 0.15) is 11.5 Å². The highest BCUT2D eigenvalue weighted by atomic mass is 16.5. The van der Waals surface area contributed by atoms with Crippen LogP contribution in [0.3, 0.4) is 0 Å². The summed E-state index contributed by atoms with van der Waals surface area (Å²) in [6, 6.07) is 5.59. The summed E-state index contributed by atoms with van der Waals surface area (Å²) in [5.41, 5.74) is 0.896. The molecule has 0 saturated heterocycles.